The van der Waals surface area contributed by atoms with Gasteiger partial charge >= 0.3 is 0 Å². The third kappa shape index (κ3) is 4.86. The summed E-state index contributed by atoms with van der Waals surface area (Å²) in [7, 11) is 0. The van der Waals surface area contributed by atoms with E-state index in [0.717, 1.165) is 19.3 Å². The second kappa shape index (κ2) is 7.53. The Balaban J connectivity index is 1.68. The molecule has 1 aromatic rings. The van der Waals surface area contributed by atoms with Crippen LogP contribution in [0.25, 0.3) is 0 Å². The van der Waals surface area contributed by atoms with E-state index in [1.807, 2.05) is 12.1 Å². The third-order valence-electron chi connectivity index (χ3n) is 3.18. The van der Waals surface area contributed by atoms with Crippen molar-refractivity contribution in [3.05, 3.63) is 41.4 Å². The Bertz CT molecular complexity index is 422. The summed E-state index contributed by atoms with van der Waals surface area (Å²) in [6.07, 6.45) is 7.15. The Morgan fingerprint density at radius 3 is 2.95 bits per heavy atom. The molecule has 3 nitrogen and oxygen atoms in total. The maximum Gasteiger partial charge on any atom is 0.138 e. The Morgan fingerprint density at radius 2 is 2.21 bits per heavy atom. The topological polar surface area (TPSA) is 41.5 Å². The zero-order chi connectivity index (χ0) is 13.5. The van der Waals surface area contributed by atoms with Gasteiger partial charge in [0.15, 0.2) is 0 Å². The van der Waals surface area contributed by atoms with Gasteiger partial charge in [0.2, 0.25) is 0 Å². The minimum Gasteiger partial charge on any atom is -0.489 e. The molecule has 0 heterocycles. The van der Waals surface area contributed by atoms with Crippen LogP contribution in [-0.2, 0) is 0 Å². The number of rotatable bonds is 6. The van der Waals surface area contributed by atoms with Crippen LogP contribution in [-0.4, -0.2) is 30.4 Å². The van der Waals surface area contributed by atoms with Crippen LogP contribution in [0.1, 0.15) is 19.3 Å². The second-order valence-corrected chi connectivity index (χ2v) is 5.19. The lowest BCUT2D eigenvalue weighted by molar-refractivity contribution is 0.103. The van der Waals surface area contributed by atoms with E-state index in [2.05, 4.69) is 17.5 Å². The second-order valence-electron chi connectivity index (χ2n) is 4.78. The molecule has 0 saturated carbocycles. The first kappa shape index (κ1) is 14.4. The molecular weight excluding hydrogens is 262 g/mol. The Hall–Kier alpha value is -1.03. The van der Waals surface area contributed by atoms with Gasteiger partial charge < -0.3 is 15.2 Å². The van der Waals surface area contributed by atoms with Gasteiger partial charge in [-0.3, -0.25) is 0 Å². The molecule has 0 fully saturated rings. The van der Waals surface area contributed by atoms with Crippen LogP contribution in [0.4, 0.5) is 0 Å². The van der Waals surface area contributed by atoms with Gasteiger partial charge in [-0.2, -0.15) is 0 Å². The highest BCUT2D eigenvalue weighted by Crippen LogP contribution is 2.23. The highest BCUT2D eigenvalue weighted by atomic mass is 35.5. The first-order chi connectivity index (χ1) is 9.25. The summed E-state index contributed by atoms with van der Waals surface area (Å²) in [6.45, 7) is 0.794. The average Bonchev–Trinajstić information content (AvgIpc) is 2.45. The van der Waals surface area contributed by atoms with Crippen molar-refractivity contribution in [1.82, 2.24) is 5.32 Å². The van der Waals surface area contributed by atoms with E-state index in [4.69, 9.17) is 16.3 Å². The molecule has 104 valence electrons. The number of benzene rings is 1. The summed E-state index contributed by atoms with van der Waals surface area (Å²) < 4.78 is 5.50. The van der Waals surface area contributed by atoms with Crippen LogP contribution in [0.2, 0.25) is 5.02 Å². The quantitative estimate of drug-likeness (QED) is 0.788. The fourth-order valence-electron chi connectivity index (χ4n) is 2.09. The normalized spacial score (nSPS) is 20.2. The van der Waals surface area contributed by atoms with Gasteiger partial charge in [-0.05, 0) is 31.4 Å². The van der Waals surface area contributed by atoms with E-state index in [1.165, 1.54) is 0 Å². The molecule has 2 unspecified atom stereocenters. The zero-order valence-corrected chi connectivity index (χ0v) is 11.6. The predicted molar refractivity (Wildman–Crippen MR) is 77.7 cm³/mol. The smallest absolute Gasteiger partial charge is 0.138 e. The van der Waals surface area contributed by atoms with Gasteiger partial charge in [0, 0.05) is 12.6 Å². The van der Waals surface area contributed by atoms with E-state index in [-0.39, 0.29) is 6.61 Å². The van der Waals surface area contributed by atoms with Gasteiger partial charge in [-0.25, -0.2) is 0 Å². The van der Waals surface area contributed by atoms with Gasteiger partial charge in [0.05, 0.1) is 5.02 Å². The fourth-order valence-corrected chi connectivity index (χ4v) is 2.28. The van der Waals surface area contributed by atoms with Gasteiger partial charge in [-0.1, -0.05) is 35.9 Å². The molecule has 0 radical (unpaired) electrons. The number of aliphatic hydroxyl groups is 1. The minimum atomic E-state index is -0.526. The monoisotopic (exact) mass is 281 g/mol. The molecule has 2 atom stereocenters. The summed E-state index contributed by atoms with van der Waals surface area (Å²) in [6, 6.07) is 7.76. The lowest BCUT2D eigenvalue weighted by Gasteiger charge is -2.21. The number of hydrogen-bond donors (Lipinski definition) is 2. The summed E-state index contributed by atoms with van der Waals surface area (Å²) in [5.74, 6) is 0.615. The van der Waals surface area contributed by atoms with Crippen molar-refractivity contribution in [2.75, 3.05) is 13.2 Å². The van der Waals surface area contributed by atoms with E-state index in [1.54, 1.807) is 12.1 Å². The standard InChI is InChI=1S/C15H20ClNO2/c16-14-8-4-5-9-15(14)19-11-13(18)10-17-12-6-2-1-3-7-12/h1-2,4-5,8-9,12-13,17-18H,3,6-7,10-11H2. The average molecular weight is 282 g/mol. The first-order valence-electron chi connectivity index (χ1n) is 6.69. The molecule has 0 amide bonds. The maximum atomic E-state index is 9.88. The highest BCUT2D eigenvalue weighted by Gasteiger charge is 2.12. The molecule has 4 heteroatoms. The molecule has 1 aliphatic carbocycles. The first-order valence-corrected chi connectivity index (χ1v) is 7.07. The predicted octanol–water partition coefficient (Wildman–Crippen LogP) is 2.78. The molecule has 0 spiro atoms. The number of aliphatic hydroxyl groups excluding tert-OH is 1. The summed E-state index contributed by atoms with van der Waals surface area (Å²) in [5, 5.41) is 13.8. The summed E-state index contributed by atoms with van der Waals surface area (Å²) in [4.78, 5) is 0. The molecule has 1 aromatic carbocycles. The van der Waals surface area contributed by atoms with Gasteiger partial charge in [-0.15, -0.1) is 0 Å². The molecule has 0 aliphatic heterocycles. The van der Waals surface area contributed by atoms with E-state index in [0.29, 0.717) is 23.4 Å². The van der Waals surface area contributed by atoms with Crippen molar-refractivity contribution in [2.24, 2.45) is 0 Å². The molecule has 2 rings (SSSR count). The van der Waals surface area contributed by atoms with E-state index >= 15 is 0 Å². The van der Waals surface area contributed by atoms with E-state index in [9.17, 15) is 5.11 Å². The largest absolute Gasteiger partial charge is 0.489 e. The number of nitrogens with one attached hydrogen (secondary N) is 1. The van der Waals surface area contributed by atoms with Crippen molar-refractivity contribution in [3.63, 3.8) is 0 Å². The molecule has 19 heavy (non-hydrogen) atoms. The van der Waals surface area contributed by atoms with Gasteiger partial charge in [0.1, 0.15) is 18.5 Å². The van der Waals surface area contributed by atoms with Crippen LogP contribution in [0.15, 0.2) is 36.4 Å². The molecule has 1 aliphatic rings. The minimum absolute atomic E-state index is 0.249. The fraction of sp³-hybridized carbons (Fsp3) is 0.467. The van der Waals surface area contributed by atoms with Crippen LogP contribution < -0.4 is 10.1 Å². The number of hydrogen-bond acceptors (Lipinski definition) is 3. The Kier molecular flexibility index (Phi) is 5.70. The van der Waals surface area contributed by atoms with Crippen molar-refractivity contribution in [2.45, 2.75) is 31.4 Å². The lowest BCUT2D eigenvalue weighted by atomic mass is 10.0. The van der Waals surface area contributed by atoms with Gasteiger partial charge in [0.25, 0.3) is 0 Å². The van der Waals surface area contributed by atoms with Crippen molar-refractivity contribution >= 4 is 11.6 Å². The van der Waals surface area contributed by atoms with Crippen LogP contribution >= 0.6 is 11.6 Å². The SMILES string of the molecule is OC(CNC1CC=CCC1)COc1ccccc1Cl. The van der Waals surface area contributed by atoms with Crippen molar-refractivity contribution in [1.29, 1.82) is 0 Å². The van der Waals surface area contributed by atoms with E-state index < -0.39 is 6.10 Å². The van der Waals surface area contributed by atoms with Crippen molar-refractivity contribution < 1.29 is 9.84 Å². The summed E-state index contributed by atoms with van der Waals surface area (Å²) in [5.41, 5.74) is 0. The molecule has 2 N–H and O–H groups in total. The van der Waals surface area contributed by atoms with Crippen LogP contribution in [0.3, 0.4) is 0 Å². The highest BCUT2D eigenvalue weighted by molar-refractivity contribution is 6.32. The summed E-state index contributed by atoms with van der Waals surface area (Å²) >= 11 is 5.98. The van der Waals surface area contributed by atoms with Crippen LogP contribution in [0.5, 0.6) is 5.75 Å². The molecular formula is C15H20ClNO2. The van der Waals surface area contributed by atoms with Crippen LogP contribution in [0, 0.1) is 0 Å². The number of halogens is 1. The maximum absolute atomic E-state index is 9.88. The molecule has 0 saturated heterocycles. The lowest BCUT2D eigenvalue weighted by Crippen LogP contribution is -2.38. The number of ether oxygens (including phenoxy) is 1. The third-order valence-corrected chi connectivity index (χ3v) is 3.49. The number of allylic oxidation sites excluding steroid dienone is 1. The Labute approximate surface area is 119 Å². The Morgan fingerprint density at radius 1 is 1.37 bits per heavy atom. The van der Waals surface area contributed by atoms with Crippen molar-refractivity contribution in [3.8, 4) is 5.75 Å². The molecule has 0 bridgehead atoms. The molecule has 0 aromatic heterocycles. The number of para-hydroxylation sites is 1. The zero-order valence-electron chi connectivity index (χ0n) is 10.9.